The summed E-state index contributed by atoms with van der Waals surface area (Å²) in [6.45, 7) is 0. The lowest BCUT2D eigenvalue weighted by atomic mass is 9.70. The van der Waals surface area contributed by atoms with E-state index in [1.54, 1.807) is 0 Å². The van der Waals surface area contributed by atoms with Crippen LogP contribution in [0.5, 0.6) is 0 Å². The van der Waals surface area contributed by atoms with Gasteiger partial charge in [-0.3, -0.25) is 0 Å². The molecule has 3 heterocycles. The zero-order valence-electron chi connectivity index (χ0n) is 27.3. The maximum Gasteiger partial charge on any atom is 0.182 e. The first-order valence-electron chi connectivity index (χ1n) is 17.2. The summed E-state index contributed by atoms with van der Waals surface area (Å²) in [5, 5.41) is 2.13. The maximum atomic E-state index is 5.10. The minimum absolute atomic E-state index is 0.406. The number of hydrogen-bond acceptors (Lipinski definition) is 5. The second-order valence-electron chi connectivity index (χ2n) is 13.2. The number of hydrogen-bond donors (Lipinski definition) is 0. The molecule has 0 saturated carbocycles. The Morgan fingerprint density at radius 3 is 1.29 bits per heavy atom. The standard InChI is InChI=1S/C46H27N5/c1-9-19-39-28(11-1)22-25-41(47-39)44-49-43(50-45(51-44)42-26-23-29-12-2-10-20-40(29)48-42)30-21-24-38-34(27-30)33-15-5-8-18-37(33)46(38)35-16-6-3-13-31(35)32-14-4-7-17-36(32)46/h1-27H. The topological polar surface area (TPSA) is 64.5 Å². The average molecular weight is 650 g/mol. The van der Waals surface area contributed by atoms with E-state index < -0.39 is 5.41 Å². The predicted molar refractivity (Wildman–Crippen MR) is 203 cm³/mol. The van der Waals surface area contributed by atoms with Gasteiger partial charge < -0.3 is 0 Å². The Bertz CT molecular complexity index is 2750. The van der Waals surface area contributed by atoms with Gasteiger partial charge in [0, 0.05) is 16.3 Å². The number of rotatable bonds is 3. The largest absolute Gasteiger partial charge is 0.244 e. The van der Waals surface area contributed by atoms with E-state index >= 15 is 0 Å². The van der Waals surface area contributed by atoms with Gasteiger partial charge in [-0.25, -0.2) is 24.9 Å². The highest BCUT2D eigenvalue weighted by Crippen LogP contribution is 2.62. The fraction of sp³-hybridized carbons (Fsp3) is 0.0217. The van der Waals surface area contributed by atoms with E-state index in [0.29, 0.717) is 28.9 Å². The summed E-state index contributed by atoms with van der Waals surface area (Å²) in [6, 6.07) is 57.6. The lowest BCUT2D eigenvalue weighted by Gasteiger charge is -2.30. The molecule has 0 bridgehead atoms. The third kappa shape index (κ3) is 4.00. The molecule has 0 atom stereocenters. The first-order valence-corrected chi connectivity index (χ1v) is 17.2. The fourth-order valence-electron chi connectivity index (χ4n) is 8.35. The number of aromatic nitrogens is 5. The van der Waals surface area contributed by atoms with Crippen molar-refractivity contribution in [1.29, 1.82) is 0 Å². The average Bonchev–Trinajstić information content (AvgIpc) is 3.67. The van der Waals surface area contributed by atoms with Crippen LogP contribution in [0.25, 0.3) is 78.5 Å². The molecule has 0 fully saturated rings. The van der Waals surface area contributed by atoms with Crippen molar-refractivity contribution >= 4 is 21.8 Å². The second kappa shape index (κ2) is 10.6. The van der Waals surface area contributed by atoms with Gasteiger partial charge in [-0.15, -0.1) is 0 Å². The van der Waals surface area contributed by atoms with Crippen molar-refractivity contribution in [3.05, 3.63) is 186 Å². The lowest BCUT2D eigenvalue weighted by molar-refractivity contribution is 0.794. The molecule has 0 aliphatic heterocycles. The summed E-state index contributed by atoms with van der Waals surface area (Å²) < 4.78 is 0. The predicted octanol–water partition coefficient (Wildman–Crippen LogP) is 10.3. The van der Waals surface area contributed by atoms with Gasteiger partial charge in [0.05, 0.1) is 16.4 Å². The molecule has 5 nitrogen and oxygen atoms in total. The minimum Gasteiger partial charge on any atom is -0.244 e. The normalized spacial score (nSPS) is 13.3. The molecule has 11 rings (SSSR count). The molecule has 0 N–H and O–H groups in total. The minimum atomic E-state index is -0.406. The highest BCUT2D eigenvalue weighted by molar-refractivity contribution is 5.96. The highest BCUT2D eigenvalue weighted by atomic mass is 15.1. The van der Waals surface area contributed by atoms with E-state index in [1.165, 1.54) is 44.5 Å². The van der Waals surface area contributed by atoms with Gasteiger partial charge in [0.15, 0.2) is 17.5 Å². The molecular weight excluding hydrogens is 623 g/mol. The Hall–Kier alpha value is -6.85. The van der Waals surface area contributed by atoms with Crippen LogP contribution in [0.15, 0.2) is 164 Å². The van der Waals surface area contributed by atoms with Crippen LogP contribution in [-0.2, 0) is 5.41 Å². The molecule has 236 valence electrons. The molecule has 1 spiro atoms. The van der Waals surface area contributed by atoms with Gasteiger partial charge >= 0.3 is 0 Å². The SMILES string of the molecule is c1ccc2c(c1)-c1ccccc1C21c2ccccc2-c2cc(-c3nc(-c4ccc5ccccc5n4)nc(-c4ccc5ccccc5n4)n3)ccc21. The van der Waals surface area contributed by atoms with Gasteiger partial charge in [0.1, 0.15) is 11.4 Å². The van der Waals surface area contributed by atoms with Crippen LogP contribution in [0.4, 0.5) is 0 Å². The number of para-hydroxylation sites is 2. The molecule has 0 radical (unpaired) electrons. The smallest absolute Gasteiger partial charge is 0.182 e. The summed E-state index contributed by atoms with van der Waals surface area (Å²) in [5.74, 6) is 1.59. The van der Waals surface area contributed by atoms with Crippen LogP contribution < -0.4 is 0 Å². The molecular formula is C46H27N5. The zero-order valence-corrected chi connectivity index (χ0v) is 27.3. The molecule has 2 aliphatic carbocycles. The van der Waals surface area contributed by atoms with Gasteiger partial charge in [0.25, 0.3) is 0 Å². The van der Waals surface area contributed by atoms with E-state index in [0.717, 1.165) is 27.4 Å². The van der Waals surface area contributed by atoms with Crippen LogP contribution in [-0.4, -0.2) is 24.9 Å². The second-order valence-corrected chi connectivity index (χ2v) is 13.2. The summed E-state index contributed by atoms with van der Waals surface area (Å²) in [7, 11) is 0. The fourth-order valence-corrected chi connectivity index (χ4v) is 8.35. The van der Waals surface area contributed by atoms with Crippen molar-refractivity contribution in [2.24, 2.45) is 0 Å². The summed E-state index contributed by atoms with van der Waals surface area (Å²) in [6.07, 6.45) is 0. The van der Waals surface area contributed by atoms with Gasteiger partial charge in [-0.2, -0.15) is 0 Å². The summed E-state index contributed by atoms with van der Waals surface area (Å²) in [5.41, 5.74) is 13.8. The molecule has 6 aromatic carbocycles. The highest BCUT2D eigenvalue weighted by Gasteiger charge is 2.51. The number of nitrogens with zero attached hydrogens (tertiary/aromatic N) is 5. The quantitative estimate of drug-likeness (QED) is 0.191. The van der Waals surface area contributed by atoms with Gasteiger partial charge in [-0.1, -0.05) is 133 Å². The first-order chi connectivity index (χ1) is 25.3. The number of pyridine rings is 2. The van der Waals surface area contributed by atoms with Crippen molar-refractivity contribution in [2.75, 3.05) is 0 Å². The van der Waals surface area contributed by atoms with Crippen molar-refractivity contribution < 1.29 is 0 Å². The molecule has 0 saturated heterocycles. The molecule has 0 amide bonds. The summed E-state index contributed by atoms with van der Waals surface area (Å²) in [4.78, 5) is 25.1. The Kier molecular flexibility index (Phi) is 5.81. The zero-order chi connectivity index (χ0) is 33.5. The Morgan fingerprint density at radius 2 is 0.745 bits per heavy atom. The first kappa shape index (κ1) is 28.0. The molecule has 2 aliphatic rings. The van der Waals surface area contributed by atoms with Crippen molar-refractivity contribution in [3.63, 3.8) is 0 Å². The third-order valence-corrected chi connectivity index (χ3v) is 10.5. The molecule has 51 heavy (non-hydrogen) atoms. The third-order valence-electron chi connectivity index (χ3n) is 10.5. The van der Waals surface area contributed by atoms with Crippen LogP contribution in [0.1, 0.15) is 22.3 Å². The van der Waals surface area contributed by atoms with E-state index in [2.05, 4.69) is 115 Å². The number of fused-ring (bicyclic) bond motifs is 12. The van der Waals surface area contributed by atoms with E-state index in [9.17, 15) is 0 Å². The maximum absolute atomic E-state index is 5.10. The van der Waals surface area contributed by atoms with E-state index in [1.807, 2.05) is 48.5 Å². The molecule has 0 unspecified atom stereocenters. The van der Waals surface area contributed by atoms with Crippen LogP contribution in [0, 0.1) is 0 Å². The van der Waals surface area contributed by atoms with Crippen LogP contribution in [0.3, 0.4) is 0 Å². The molecule has 5 heteroatoms. The summed E-state index contributed by atoms with van der Waals surface area (Å²) >= 11 is 0. The molecule has 9 aromatic rings. The molecule has 3 aromatic heterocycles. The lowest BCUT2D eigenvalue weighted by Crippen LogP contribution is -2.25. The Morgan fingerprint density at radius 1 is 0.314 bits per heavy atom. The van der Waals surface area contributed by atoms with Crippen molar-refractivity contribution in [2.45, 2.75) is 5.41 Å². The van der Waals surface area contributed by atoms with Crippen molar-refractivity contribution in [3.8, 4) is 56.7 Å². The van der Waals surface area contributed by atoms with E-state index in [4.69, 9.17) is 24.9 Å². The van der Waals surface area contributed by atoms with Crippen molar-refractivity contribution in [1.82, 2.24) is 24.9 Å². The monoisotopic (exact) mass is 649 g/mol. The van der Waals surface area contributed by atoms with Crippen LogP contribution >= 0.6 is 0 Å². The van der Waals surface area contributed by atoms with Crippen LogP contribution in [0.2, 0.25) is 0 Å². The van der Waals surface area contributed by atoms with Gasteiger partial charge in [0.2, 0.25) is 0 Å². The van der Waals surface area contributed by atoms with E-state index in [-0.39, 0.29) is 0 Å². The Labute approximate surface area is 294 Å². The van der Waals surface area contributed by atoms with Gasteiger partial charge in [-0.05, 0) is 74.8 Å². The Balaban J connectivity index is 1.14. The number of benzene rings is 6.